The first-order chi connectivity index (χ1) is 14.8. The van der Waals surface area contributed by atoms with Gasteiger partial charge in [-0.05, 0) is 48.2 Å². The molecule has 0 unspecified atom stereocenters. The Balaban J connectivity index is 2.32. The van der Waals surface area contributed by atoms with Crippen LogP contribution in [0.3, 0.4) is 0 Å². The Morgan fingerprint density at radius 3 is 2.03 bits per heavy atom. The molecule has 0 saturated carbocycles. The number of hydrogen-bond donors (Lipinski definition) is 1. The molecule has 0 aliphatic rings. The van der Waals surface area contributed by atoms with Crippen molar-refractivity contribution in [2.45, 2.75) is 52.1 Å². The quantitative estimate of drug-likeness (QED) is 0.373. The first-order valence-electron chi connectivity index (χ1n) is 10.2. The zero-order chi connectivity index (χ0) is 23.0. The average molecular weight is 504 g/mol. The minimum absolute atomic E-state index is 0.0416. The van der Waals surface area contributed by atoms with Crippen LogP contribution in [0.4, 0.5) is 0 Å². The van der Waals surface area contributed by atoms with Crippen molar-refractivity contribution >= 4 is 58.2 Å². The maximum atomic E-state index is 13.4. The Hall–Kier alpha value is -1.46. The maximum Gasteiger partial charge on any atom is 0.242 e. The fraction of sp³-hybridized carbons (Fsp3) is 0.391. The molecule has 0 saturated heterocycles. The van der Waals surface area contributed by atoms with Gasteiger partial charge in [0.2, 0.25) is 11.8 Å². The van der Waals surface area contributed by atoms with Crippen LogP contribution in [0.25, 0.3) is 0 Å². The van der Waals surface area contributed by atoms with Gasteiger partial charge in [-0.3, -0.25) is 9.59 Å². The van der Waals surface area contributed by atoms with Gasteiger partial charge in [-0.15, -0.1) is 0 Å². The number of carbonyl (C=O) groups is 2. The first kappa shape index (κ1) is 25.8. The molecule has 0 bridgehead atoms. The summed E-state index contributed by atoms with van der Waals surface area (Å²) in [5.41, 5.74) is 1.35. The second-order valence-corrected chi connectivity index (χ2v) is 8.93. The zero-order valence-electron chi connectivity index (χ0n) is 17.6. The molecule has 0 fully saturated rings. The molecule has 0 radical (unpaired) electrons. The van der Waals surface area contributed by atoms with Crippen LogP contribution in [-0.2, 0) is 22.6 Å². The standard InChI is InChI=1S/C23H26Cl4N2O2/c1-3-5-10-28-23(31)21(4-2)29(14-16-7-9-18(25)13-20(16)27)22(30)11-15-6-8-17(24)12-19(15)26/h6-9,12-13,21H,3-5,10-11,14H2,1-2H3,(H,28,31)/t21-/m1/s1. The Morgan fingerprint density at radius 2 is 1.52 bits per heavy atom. The highest BCUT2D eigenvalue weighted by molar-refractivity contribution is 6.35. The monoisotopic (exact) mass is 502 g/mol. The van der Waals surface area contributed by atoms with Crippen molar-refractivity contribution in [2.75, 3.05) is 6.54 Å². The average Bonchev–Trinajstić information content (AvgIpc) is 2.71. The van der Waals surface area contributed by atoms with Crippen molar-refractivity contribution in [3.05, 3.63) is 67.6 Å². The number of halogens is 4. The zero-order valence-corrected chi connectivity index (χ0v) is 20.6. The van der Waals surface area contributed by atoms with Gasteiger partial charge in [0.25, 0.3) is 0 Å². The van der Waals surface area contributed by atoms with E-state index in [2.05, 4.69) is 12.2 Å². The molecular formula is C23H26Cl4N2O2. The number of benzene rings is 2. The predicted octanol–water partition coefficient (Wildman–Crippen LogP) is 6.57. The largest absolute Gasteiger partial charge is 0.354 e. The molecule has 1 atom stereocenters. The molecule has 2 rings (SSSR count). The van der Waals surface area contributed by atoms with E-state index in [0.717, 1.165) is 12.8 Å². The highest BCUT2D eigenvalue weighted by atomic mass is 35.5. The van der Waals surface area contributed by atoms with Crippen LogP contribution in [0.1, 0.15) is 44.2 Å². The number of rotatable bonds is 10. The van der Waals surface area contributed by atoms with Crippen LogP contribution in [0.2, 0.25) is 20.1 Å². The third kappa shape index (κ3) is 7.57. The molecule has 0 heterocycles. The second kappa shape index (κ2) is 12.5. The van der Waals surface area contributed by atoms with E-state index in [4.69, 9.17) is 46.4 Å². The molecule has 168 valence electrons. The fourth-order valence-electron chi connectivity index (χ4n) is 3.19. The van der Waals surface area contributed by atoms with Crippen LogP contribution in [0, 0.1) is 0 Å². The van der Waals surface area contributed by atoms with Crippen LogP contribution in [-0.4, -0.2) is 29.3 Å². The lowest BCUT2D eigenvalue weighted by Crippen LogP contribution is -2.49. The van der Waals surface area contributed by atoms with E-state index in [-0.39, 0.29) is 24.8 Å². The summed E-state index contributed by atoms with van der Waals surface area (Å²) in [5, 5.41) is 4.78. The number of hydrogen-bond acceptors (Lipinski definition) is 2. The van der Waals surface area contributed by atoms with E-state index in [1.165, 1.54) is 0 Å². The third-order valence-corrected chi connectivity index (χ3v) is 6.10. The summed E-state index contributed by atoms with van der Waals surface area (Å²) < 4.78 is 0. The summed E-state index contributed by atoms with van der Waals surface area (Å²) in [6, 6.07) is 9.47. The van der Waals surface area contributed by atoms with E-state index >= 15 is 0 Å². The fourth-order valence-corrected chi connectivity index (χ4v) is 4.13. The highest BCUT2D eigenvalue weighted by Crippen LogP contribution is 2.26. The minimum Gasteiger partial charge on any atom is -0.354 e. The third-order valence-electron chi connectivity index (χ3n) is 4.93. The van der Waals surface area contributed by atoms with Crippen LogP contribution < -0.4 is 5.32 Å². The predicted molar refractivity (Wildman–Crippen MR) is 129 cm³/mol. The summed E-state index contributed by atoms with van der Waals surface area (Å²) in [4.78, 5) is 27.8. The lowest BCUT2D eigenvalue weighted by atomic mass is 10.1. The van der Waals surface area contributed by atoms with Crippen LogP contribution in [0.15, 0.2) is 36.4 Å². The lowest BCUT2D eigenvalue weighted by molar-refractivity contribution is -0.140. The van der Waals surface area contributed by atoms with Gasteiger partial charge in [-0.25, -0.2) is 0 Å². The van der Waals surface area contributed by atoms with Crippen LogP contribution >= 0.6 is 46.4 Å². The first-order valence-corrected chi connectivity index (χ1v) is 11.7. The van der Waals surface area contributed by atoms with Gasteiger partial charge in [0.15, 0.2) is 0 Å². The van der Waals surface area contributed by atoms with Crippen molar-refractivity contribution in [3.63, 3.8) is 0 Å². The number of nitrogens with one attached hydrogen (secondary N) is 1. The molecule has 2 aromatic rings. The molecule has 0 spiro atoms. The highest BCUT2D eigenvalue weighted by Gasteiger charge is 2.29. The van der Waals surface area contributed by atoms with Gasteiger partial charge in [-0.1, -0.05) is 78.8 Å². The smallest absolute Gasteiger partial charge is 0.242 e. The molecule has 31 heavy (non-hydrogen) atoms. The Labute approximate surface area is 203 Å². The van der Waals surface area contributed by atoms with E-state index in [1.807, 2.05) is 6.92 Å². The molecule has 1 N–H and O–H groups in total. The van der Waals surface area contributed by atoms with Gasteiger partial charge in [0, 0.05) is 33.2 Å². The topological polar surface area (TPSA) is 49.4 Å². The molecule has 2 amide bonds. The molecular weight excluding hydrogens is 478 g/mol. The summed E-state index contributed by atoms with van der Waals surface area (Å²) in [5.74, 6) is -0.413. The van der Waals surface area contributed by atoms with Gasteiger partial charge >= 0.3 is 0 Å². The molecule has 4 nitrogen and oxygen atoms in total. The molecule has 0 aliphatic carbocycles. The van der Waals surface area contributed by atoms with E-state index in [9.17, 15) is 9.59 Å². The second-order valence-electron chi connectivity index (χ2n) is 7.24. The van der Waals surface area contributed by atoms with E-state index in [1.54, 1.807) is 41.3 Å². The number of amides is 2. The van der Waals surface area contributed by atoms with Crippen molar-refractivity contribution in [1.29, 1.82) is 0 Å². The van der Waals surface area contributed by atoms with Gasteiger partial charge < -0.3 is 10.2 Å². The van der Waals surface area contributed by atoms with Crippen molar-refractivity contribution < 1.29 is 9.59 Å². The molecule has 0 aromatic heterocycles. The molecule has 0 aliphatic heterocycles. The summed E-state index contributed by atoms with van der Waals surface area (Å²) >= 11 is 24.6. The van der Waals surface area contributed by atoms with Crippen molar-refractivity contribution in [1.82, 2.24) is 10.2 Å². The summed E-state index contributed by atoms with van der Waals surface area (Å²) in [6.45, 7) is 4.68. The van der Waals surface area contributed by atoms with Gasteiger partial charge in [0.05, 0.1) is 6.42 Å². The minimum atomic E-state index is -0.637. The molecule has 8 heteroatoms. The lowest BCUT2D eigenvalue weighted by Gasteiger charge is -2.31. The number of carbonyl (C=O) groups excluding carboxylic acids is 2. The van der Waals surface area contributed by atoms with Crippen molar-refractivity contribution in [2.24, 2.45) is 0 Å². The number of nitrogens with zero attached hydrogens (tertiary/aromatic N) is 1. The Bertz CT molecular complexity index is 920. The van der Waals surface area contributed by atoms with Gasteiger partial charge in [-0.2, -0.15) is 0 Å². The normalized spacial score (nSPS) is 11.8. The van der Waals surface area contributed by atoms with Crippen molar-refractivity contribution in [3.8, 4) is 0 Å². The van der Waals surface area contributed by atoms with Crippen LogP contribution in [0.5, 0.6) is 0 Å². The summed E-state index contributed by atoms with van der Waals surface area (Å²) in [7, 11) is 0. The van der Waals surface area contributed by atoms with Gasteiger partial charge in [0.1, 0.15) is 6.04 Å². The SMILES string of the molecule is CCCCNC(=O)[C@@H](CC)N(Cc1ccc(Cl)cc1Cl)C(=O)Cc1ccc(Cl)cc1Cl. The summed E-state index contributed by atoms with van der Waals surface area (Å²) in [6.07, 6.45) is 2.35. The maximum absolute atomic E-state index is 13.4. The number of unbranched alkanes of at least 4 members (excludes halogenated alkanes) is 1. The molecule has 2 aromatic carbocycles. The van der Waals surface area contributed by atoms with E-state index in [0.29, 0.717) is 44.2 Å². The Kier molecular flexibility index (Phi) is 10.4. The Morgan fingerprint density at radius 1 is 0.935 bits per heavy atom. The van der Waals surface area contributed by atoms with E-state index < -0.39 is 6.04 Å².